The molecule has 0 aliphatic rings. The fourth-order valence-electron chi connectivity index (χ4n) is 0.969. The minimum Gasteiger partial charge on any atom is -0.275 e. The monoisotopic (exact) mass is 214 g/mol. The summed E-state index contributed by atoms with van der Waals surface area (Å²) in [5.74, 6) is -0.277. The van der Waals surface area contributed by atoms with Crippen molar-refractivity contribution in [1.29, 1.82) is 0 Å². The minimum absolute atomic E-state index is 0.277. The number of hydrogen-bond acceptors (Lipinski definition) is 1. The van der Waals surface area contributed by atoms with Crippen molar-refractivity contribution >= 4 is 26.8 Å². The van der Waals surface area contributed by atoms with E-state index in [2.05, 4.69) is 26.1 Å². The van der Waals surface area contributed by atoms with Crippen LogP contribution in [-0.4, -0.2) is 10.2 Å². The second kappa shape index (κ2) is 2.30. The lowest BCUT2D eigenvalue weighted by Crippen LogP contribution is -1.77. The highest BCUT2D eigenvalue weighted by molar-refractivity contribution is 9.10. The Kier molecular flexibility index (Phi) is 1.42. The van der Waals surface area contributed by atoms with Crippen molar-refractivity contribution in [3.8, 4) is 0 Å². The Hall–Kier alpha value is -0.900. The van der Waals surface area contributed by atoms with E-state index >= 15 is 0 Å². The van der Waals surface area contributed by atoms with E-state index in [1.165, 1.54) is 6.07 Å². The zero-order valence-corrected chi connectivity index (χ0v) is 7.02. The third-order valence-corrected chi connectivity index (χ3v) is 2.20. The zero-order chi connectivity index (χ0) is 7.84. The van der Waals surface area contributed by atoms with Crippen LogP contribution in [0.5, 0.6) is 0 Å². The van der Waals surface area contributed by atoms with E-state index in [-0.39, 0.29) is 5.82 Å². The zero-order valence-electron chi connectivity index (χ0n) is 5.44. The van der Waals surface area contributed by atoms with E-state index in [9.17, 15) is 4.39 Å². The van der Waals surface area contributed by atoms with E-state index in [0.717, 1.165) is 9.86 Å². The first kappa shape index (κ1) is 6.79. The van der Waals surface area contributed by atoms with Gasteiger partial charge in [0, 0.05) is 9.86 Å². The summed E-state index contributed by atoms with van der Waals surface area (Å²) in [5, 5.41) is 7.07. The van der Waals surface area contributed by atoms with Crippen molar-refractivity contribution in [2.45, 2.75) is 0 Å². The van der Waals surface area contributed by atoms with E-state index in [4.69, 9.17) is 0 Å². The Balaban J connectivity index is 2.96. The standard InChI is InChI=1S/C7H4BrFN2/c8-5-1-2-6(9)7-4(5)3-10-11-7/h1-3H,(H,10,11). The van der Waals surface area contributed by atoms with Gasteiger partial charge in [-0.1, -0.05) is 15.9 Å². The number of nitrogens with one attached hydrogen (secondary N) is 1. The van der Waals surface area contributed by atoms with Gasteiger partial charge in [0.05, 0.1) is 6.20 Å². The number of rotatable bonds is 0. The smallest absolute Gasteiger partial charge is 0.148 e. The quantitative estimate of drug-likeness (QED) is 0.718. The summed E-state index contributed by atoms with van der Waals surface area (Å²) < 4.78 is 13.8. The van der Waals surface area contributed by atoms with Crippen molar-refractivity contribution in [1.82, 2.24) is 10.2 Å². The number of hydrogen-bond donors (Lipinski definition) is 1. The van der Waals surface area contributed by atoms with Gasteiger partial charge in [0.25, 0.3) is 0 Å². The molecular weight excluding hydrogens is 211 g/mol. The summed E-state index contributed by atoms with van der Waals surface area (Å²) in [6.07, 6.45) is 1.59. The first-order chi connectivity index (χ1) is 5.29. The van der Waals surface area contributed by atoms with Gasteiger partial charge in [0.2, 0.25) is 0 Å². The van der Waals surface area contributed by atoms with Crippen LogP contribution < -0.4 is 0 Å². The molecule has 0 saturated heterocycles. The van der Waals surface area contributed by atoms with Gasteiger partial charge in [-0.25, -0.2) is 4.39 Å². The van der Waals surface area contributed by atoms with Crippen LogP contribution in [0.15, 0.2) is 22.8 Å². The highest BCUT2D eigenvalue weighted by Crippen LogP contribution is 2.23. The molecule has 0 bridgehead atoms. The molecule has 2 nitrogen and oxygen atoms in total. The molecule has 2 aromatic rings. The topological polar surface area (TPSA) is 28.7 Å². The molecule has 56 valence electrons. The lowest BCUT2D eigenvalue weighted by molar-refractivity contribution is 0.636. The Morgan fingerprint density at radius 2 is 2.27 bits per heavy atom. The van der Waals surface area contributed by atoms with E-state index < -0.39 is 0 Å². The summed E-state index contributed by atoms with van der Waals surface area (Å²) >= 11 is 3.28. The molecule has 11 heavy (non-hydrogen) atoms. The minimum atomic E-state index is -0.277. The lowest BCUT2D eigenvalue weighted by Gasteiger charge is -1.92. The van der Waals surface area contributed by atoms with Crippen molar-refractivity contribution in [2.75, 3.05) is 0 Å². The third kappa shape index (κ3) is 0.939. The average Bonchev–Trinajstić information content (AvgIpc) is 2.45. The summed E-state index contributed by atoms with van der Waals surface area (Å²) in [6, 6.07) is 3.05. The highest BCUT2D eigenvalue weighted by atomic mass is 79.9. The average molecular weight is 215 g/mol. The maximum absolute atomic E-state index is 12.9. The van der Waals surface area contributed by atoms with E-state index in [1.807, 2.05) is 0 Å². The van der Waals surface area contributed by atoms with Crippen molar-refractivity contribution in [2.24, 2.45) is 0 Å². The van der Waals surface area contributed by atoms with Gasteiger partial charge in [0.1, 0.15) is 11.3 Å². The second-order valence-corrected chi connectivity index (χ2v) is 3.04. The van der Waals surface area contributed by atoms with Crippen LogP contribution in [0.3, 0.4) is 0 Å². The lowest BCUT2D eigenvalue weighted by atomic mass is 10.2. The molecule has 0 spiro atoms. The molecule has 0 radical (unpaired) electrons. The van der Waals surface area contributed by atoms with Crippen LogP contribution in [0.25, 0.3) is 10.9 Å². The van der Waals surface area contributed by atoms with E-state index in [0.29, 0.717) is 5.52 Å². The van der Waals surface area contributed by atoms with Gasteiger partial charge >= 0.3 is 0 Å². The van der Waals surface area contributed by atoms with Crippen LogP contribution >= 0.6 is 15.9 Å². The van der Waals surface area contributed by atoms with Crippen molar-refractivity contribution in [3.63, 3.8) is 0 Å². The molecule has 0 amide bonds. The predicted molar refractivity (Wildman–Crippen MR) is 43.8 cm³/mol. The fraction of sp³-hybridized carbons (Fsp3) is 0. The number of nitrogens with zero attached hydrogens (tertiary/aromatic N) is 1. The normalized spacial score (nSPS) is 10.7. The molecule has 0 aliphatic heterocycles. The van der Waals surface area contributed by atoms with Crippen LogP contribution in [0.1, 0.15) is 0 Å². The van der Waals surface area contributed by atoms with Crippen molar-refractivity contribution < 1.29 is 4.39 Å². The SMILES string of the molecule is Fc1ccc(Br)c2cn[nH]c12. The van der Waals surface area contributed by atoms with Crippen LogP contribution in [0.2, 0.25) is 0 Å². The molecule has 4 heteroatoms. The van der Waals surface area contributed by atoms with Crippen LogP contribution in [0, 0.1) is 5.82 Å². The van der Waals surface area contributed by atoms with E-state index in [1.54, 1.807) is 12.3 Å². The predicted octanol–water partition coefficient (Wildman–Crippen LogP) is 2.46. The fourth-order valence-corrected chi connectivity index (χ4v) is 1.40. The van der Waals surface area contributed by atoms with Crippen LogP contribution in [-0.2, 0) is 0 Å². The molecule has 0 unspecified atom stereocenters. The van der Waals surface area contributed by atoms with Gasteiger partial charge in [0.15, 0.2) is 0 Å². The third-order valence-electron chi connectivity index (χ3n) is 1.51. The maximum atomic E-state index is 12.9. The number of aromatic nitrogens is 2. The molecule has 0 atom stereocenters. The second-order valence-electron chi connectivity index (χ2n) is 2.19. The Morgan fingerprint density at radius 3 is 3.00 bits per heavy atom. The van der Waals surface area contributed by atoms with Gasteiger partial charge in [-0.05, 0) is 12.1 Å². The number of H-pyrrole nitrogens is 1. The van der Waals surface area contributed by atoms with Gasteiger partial charge in [-0.2, -0.15) is 5.10 Å². The number of halogens is 2. The van der Waals surface area contributed by atoms with Crippen molar-refractivity contribution in [3.05, 3.63) is 28.6 Å². The molecule has 1 aromatic heterocycles. The Bertz CT molecular complexity index is 360. The number of aromatic amines is 1. The number of benzene rings is 1. The van der Waals surface area contributed by atoms with Gasteiger partial charge in [-0.3, -0.25) is 5.10 Å². The molecule has 0 saturated carbocycles. The largest absolute Gasteiger partial charge is 0.275 e. The summed E-state index contributed by atoms with van der Waals surface area (Å²) in [4.78, 5) is 0. The first-order valence-corrected chi connectivity index (χ1v) is 3.85. The molecule has 2 rings (SSSR count). The Labute approximate surface area is 70.5 Å². The molecule has 1 N–H and O–H groups in total. The van der Waals surface area contributed by atoms with Gasteiger partial charge in [-0.15, -0.1) is 0 Å². The number of fused-ring (bicyclic) bond motifs is 1. The van der Waals surface area contributed by atoms with Gasteiger partial charge < -0.3 is 0 Å². The summed E-state index contributed by atoms with van der Waals surface area (Å²) in [7, 11) is 0. The first-order valence-electron chi connectivity index (χ1n) is 3.06. The summed E-state index contributed by atoms with van der Waals surface area (Å²) in [5.41, 5.74) is 0.444. The molecular formula is C7H4BrFN2. The highest BCUT2D eigenvalue weighted by Gasteiger charge is 2.04. The van der Waals surface area contributed by atoms with Crippen LogP contribution in [0.4, 0.5) is 4.39 Å². The molecule has 1 aromatic carbocycles. The maximum Gasteiger partial charge on any atom is 0.148 e. The Morgan fingerprint density at radius 1 is 1.45 bits per heavy atom. The summed E-state index contributed by atoms with van der Waals surface area (Å²) in [6.45, 7) is 0. The molecule has 0 aliphatic carbocycles. The molecule has 0 fully saturated rings. The molecule has 1 heterocycles.